The Hall–Kier alpha value is -1.85. The van der Waals surface area contributed by atoms with Gasteiger partial charge in [0.25, 0.3) is 0 Å². The highest BCUT2D eigenvalue weighted by Gasteiger charge is 2.58. The normalized spacial score (nSPS) is 23.6. The van der Waals surface area contributed by atoms with Crippen molar-refractivity contribution >= 4 is 0 Å². The Bertz CT molecular complexity index is 861. The second kappa shape index (κ2) is 8.01. The standard InChI is InChI=1S/C25H34FN3O/c1-5-30-23(3,4)24(11-10-22-9-8-21(26)17-28-22)14-15-29(18-24)25(12-13-25)20-7-6-19(2)27-16-20/h6-9,16-17H,5,10-15,18H2,1-4H3. The SMILES string of the molecule is CCOC(C)(C)C1(CCc2ccc(F)cn2)CCN(C2(c3ccc(C)nc3)CC2)C1. The summed E-state index contributed by atoms with van der Waals surface area (Å²) in [4.78, 5) is 11.5. The molecule has 1 atom stereocenters. The number of pyridine rings is 2. The maximum Gasteiger partial charge on any atom is 0.141 e. The Morgan fingerprint density at radius 2 is 1.90 bits per heavy atom. The first-order chi connectivity index (χ1) is 14.3. The predicted molar refractivity (Wildman–Crippen MR) is 117 cm³/mol. The van der Waals surface area contributed by atoms with E-state index in [4.69, 9.17) is 4.74 Å². The van der Waals surface area contributed by atoms with Crippen molar-refractivity contribution in [2.75, 3.05) is 19.7 Å². The Morgan fingerprint density at radius 1 is 1.10 bits per heavy atom. The number of aryl methyl sites for hydroxylation is 2. The molecule has 1 saturated carbocycles. The quantitative estimate of drug-likeness (QED) is 0.609. The first kappa shape index (κ1) is 21.4. The number of halogens is 1. The molecule has 2 aromatic heterocycles. The van der Waals surface area contributed by atoms with Gasteiger partial charge in [0.05, 0.1) is 11.8 Å². The summed E-state index contributed by atoms with van der Waals surface area (Å²) in [5, 5.41) is 0. The maximum atomic E-state index is 13.3. The van der Waals surface area contributed by atoms with Crippen LogP contribution in [0.2, 0.25) is 0 Å². The molecule has 4 nitrogen and oxygen atoms in total. The molecule has 3 heterocycles. The van der Waals surface area contributed by atoms with Gasteiger partial charge in [-0.15, -0.1) is 0 Å². The summed E-state index contributed by atoms with van der Waals surface area (Å²) in [7, 11) is 0. The van der Waals surface area contributed by atoms with E-state index >= 15 is 0 Å². The second-order valence-electron chi connectivity index (χ2n) is 9.58. The van der Waals surface area contributed by atoms with Crippen molar-refractivity contribution in [3.8, 4) is 0 Å². The molecule has 0 spiro atoms. The Labute approximate surface area is 179 Å². The van der Waals surface area contributed by atoms with Crippen molar-refractivity contribution < 1.29 is 9.13 Å². The number of nitrogens with zero attached hydrogens (tertiary/aromatic N) is 3. The molecule has 0 aromatic carbocycles. The number of aromatic nitrogens is 2. The van der Waals surface area contributed by atoms with Gasteiger partial charge in [0.15, 0.2) is 0 Å². The predicted octanol–water partition coefficient (Wildman–Crippen LogP) is 5.05. The summed E-state index contributed by atoms with van der Waals surface area (Å²) in [5.74, 6) is -0.280. The zero-order valence-electron chi connectivity index (χ0n) is 18.7. The highest BCUT2D eigenvalue weighted by Crippen LogP contribution is 2.57. The van der Waals surface area contributed by atoms with Crippen LogP contribution in [-0.4, -0.2) is 40.2 Å². The van der Waals surface area contributed by atoms with Gasteiger partial charge in [-0.3, -0.25) is 14.9 Å². The van der Waals surface area contributed by atoms with Crippen LogP contribution < -0.4 is 0 Å². The van der Waals surface area contributed by atoms with Crippen LogP contribution in [0.4, 0.5) is 4.39 Å². The van der Waals surface area contributed by atoms with E-state index in [0.717, 1.165) is 43.7 Å². The lowest BCUT2D eigenvalue weighted by Gasteiger charge is -2.45. The zero-order valence-corrected chi connectivity index (χ0v) is 18.7. The van der Waals surface area contributed by atoms with Gasteiger partial charge < -0.3 is 4.74 Å². The topological polar surface area (TPSA) is 38.2 Å². The molecule has 1 aliphatic heterocycles. The Morgan fingerprint density at radius 3 is 2.50 bits per heavy atom. The zero-order chi connectivity index (χ0) is 21.4. The molecule has 4 rings (SSSR count). The molecule has 0 N–H and O–H groups in total. The van der Waals surface area contributed by atoms with Crippen LogP contribution in [0.3, 0.4) is 0 Å². The highest BCUT2D eigenvalue weighted by molar-refractivity contribution is 5.30. The van der Waals surface area contributed by atoms with E-state index in [1.54, 1.807) is 0 Å². The first-order valence-corrected chi connectivity index (χ1v) is 11.2. The average Bonchev–Trinajstić information content (AvgIpc) is 3.40. The van der Waals surface area contributed by atoms with Crippen molar-refractivity contribution in [1.82, 2.24) is 14.9 Å². The summed E-state index contributed by atoms with van der Waals surface area (Å²) in [5.41, 5.74) is 3.29. The van der Waals surface area contributed by atoms with E-state index < -0.39 is 0 Å². The second-order valence-corrected chi connectivity index (χ2v) is 9.58. The fraction of sp³-hybridized carbons (Fsp3) is 0.600. The lowest BCUT2D eigenvalue weighted by Crippen LogP contribution is -2.49. The van der Waals surface area contributed by atoms with Crippen LogP contribution in [0, 0.1) is 18.2 Å². The van der Waals surface area contributed by atoms with E-state index in [9.17, 15) is 4.39 Å². The summed E-state index contributed by atoms with van der Waals surface area (Å²) in [6.07, 6.45) is 8.70. The molecule has 1 aliphatic carbocycles. The molecule has 2 aliphatic rings. The lowest BCUT2D eigenvalue weighted by atomic mass is 9.69. The maximum absolute atomic E-state index is 13.3. The number of hydrogen-bond donors (Lipinski definition) is 0. The first-order valence-electron chi connectivity index (χ1n) is 11.2. The highest BCUT2D eigenvalue weighted by atomic mass is 19.1. The van der Waals surface area contributed by atoms with Gasteiger partial charge in [-0.1, -0.05) is 6.07 Å². The van der Waals surface area contributed by atoms with Gasteiger partial charge in [0, 0.05) is 41.7 Å². The number of rotatable bonds is 8. The van der Waals surface area contributed by atoms with Crippen molar-refractivity contribution in [2.24, 2.45) is 5.41 Å². The number of likely N-dealkylation sites (tertiary alicyclic amines) is 1. The molecule has 0 amide bonds. The van der Waals surface area contributed by atoms with Crippen molar-refractivity contribution in [1.29, 1.82) is 0 Å². The minimum atomic E-state index is -0.280. The fourth-order valence-electron chi connectivity index (χ4n) is 5.32. The van der Waals surface area contributed by atoms with E-state index in [1.165, 1.54) is 30.7 Å². The Balaban J connectivity index is 1.56. The van der Waals surface area contributed by atoms with Crippen LogP contribution in [0.5, 0.6) is 0 Å². The van der Waals surface area contributed by atoms with Crippen molar-refractivity contribution in [3.05, 3.63) is 59.4 Å². The molecule has 2 fully saturated rings. The third kappa shape index (κ3) is 3.90. The van der Waals surface area contributed by atoms with Gasteiger partial charge in [0.2, 0.25) is 0 Å². The summed E-state index contributed by atoms with van der Waals surface area (Å²) < 4.78 is 19.6. The molecule has 1 saturated heterocycles. The van der Waals surface area contributed by atoms with Crippen LogP contribution in [-0.2, 0) is 16.7 Å². The molecule has 1 unspecified atom stereocenters. The van der Waals surface area contributed by atoms with Crippen LogP contribution in [0.15, 0.2) is 36.7 Å². The van der Waals surface area contributed by atoms with E-state index in [-0.39, 0.29) is 22.4 Å². The third-order valence-corrected chi connectivity index (χ3v) is 7.56. The van der Waals surface area contributed by atoms with E-state index in [2.05, 4.69) is 54.0 Å². The largest absolute Gasteiger partial charge is 0.375 e. The van der Waals surface area contributed by atoms with Gasteiger partial charge >= 0.3 is 0 Å². The summed E-state index contributed by atoms with van der Waals surface area (Å²) in [6, 6.07) is 7.70. The Kier molecular flexibility index (Phi) is 5.71. The molecular formula is C25H34FN3O. The number of hydrogen-bond acceptors (Lipinski definition) is 4. The van der Waals surface area contributed by atoms with Gasteiger partial charge in [-0.2, -0.15) is 0 Å². The minimum absolute atomic E-state index is 0.0345. The number of ether oxygens (including phenoxy) is 1. The molecule has 0 bridgehead atoms. The van der Waals surface area contributed by atoms with Gasteiger partial charge in [-0.05, 0) is 90.1 Å². The van der Waals surface area contributed by atoms with E-state index in [1.807, 2.05) is 13.0 Å². The lowest BCUT2D eigenvalue weighted by molar-refractivity contribution is -0.108. The van der Waals surface area contributed by atoms with Gasteiger partial charge in [0.1, 0.15) is 5.82 Å². The van der Waals surface area contributed by atoms with Crippen LogP contribution >= 0.6 is 0 Å². The molecule has 2 aromatic rings. The molecule has 0 radical (unpaired) electrons. The summed E-state index contributed by atoms with van der Waals surface area (Å²) >= 11 is 0. The average molecular weight is 412 g/mol. The third-order valence-electron chi connectivity index (χ3n) is 7.56. The van der Waals surface area contributed by atoms with Crippen LogP contribution in [0.1, 0.15) is 63.4 Å². The monoisotopic (exact) mass is 411 g/mol. The molecular weight excluding hydrogens is 377 g/mol. The van der Waals surface area contributed by atoms with Gasteiger partial charge in [-0.25, -0.2) is 4.39 Å². The van der Waals surface area contributed by atoms with Crippen molar-refractivity contribution in [3.63, 3.8) is 0 Å². The smallest absolute Gasteiger partial charge is 0.141 e. The molecule has 162 valence electrons. The van der Waals surface area contributed by atoms with Crippen molar-refractivity contribution in [2.45, 2.75) is 70.9 Å². The fourth-order valence-corrected chi connectivity index (χ4v) is 5.32. The minimum Gasteiger partial charge on any atom is -0.375 e. The van der Waals surface area contributed by atoms with Crippen LogP contribution in [0.25, 0.3) is 0 Å². The molecule has 30 heavy (non-hydrogen) atoms. The van der Waals surface area contributed by atoms with E-state index in [0.29, 0.717) is 6.61 Å². The molecule has 5 heteroatoms. The summed E-state index contributed by atoms with van der Waals surface area (Å²) in [6.45, 7) is 11.4.